The van der Waals surface area contributed by atoms with Crippen molar-refractivity contribution in [2.75, 3.05) is 12.3 Å². The van der Waals surface area contributed by atoms with Crippen LogP contribution in [0.4, 0.5) is 0 Å². The van der Waals surface area contributed by atoms with E-state index in [-0.39, 0.29) is 0 Å². The molecule has 0 unspecified atom stereocenters. The maximum Gasteiger partial charge on any atom is 0.147 e. The second-order valence-corrected chi connectivity index (χ2v) is 3.73. The molecule has 0 aliphatic rings. The molecule has 0 saturated carbocycles. The molecule has 5 heteroatoms. The smallest absolute Gasteiger partial charge is 0.147 e. The van der Waals surface area contributed by atoms with Gasteiger partial charge in [0.25, 0.3) is 0 Å². The van der Waals surface area contributed by atoms with Crippen molar-refractivity contribution in [3.63, 3.8) is 0 Å². The Labute approximate surface area is 93.1 Å². The quantitative estimate of drug-likeness (QED) is 0.477. The Kier molecular flexibility index (Phi) is 4.88. The van der Waals surface area contributed by atoms with Crippen LogP contribution < -0.4 is 5.32 Å². The number of hydrogen-bond acceptors (Lipinski definition) is 3. The van der Waals surface area contributed by atoms with Crippen LogP contribution in [0.2, 0.25) is 10.2 Å². The van der Waals surface area contributed by atoms with Gasteiger partial charge in [-0.15, -0.1) is 0 Å². The summed E-state index contributed by atoms with van der Waals surface area (Å²) in [5, 5.41) is 4.02. The summed E-state index contributed by atoms with van der Waals surface area (Å²) in [6.45, 7) is 1.60. The average molecular weight is 237 g/mol. The predicted molar refractivity (Wildman–Crippen MR) is 59.8 cm³/mol. The van der Waals surface area contributed by atoms with Gasteiger partial charge in [0, 0.05) is 25.0 Å². The van der Waals surface area contributed by atoms with E-state index in [1.165, 1.54) is 0 Å². The van der Waals surface area contributed by atoms with Crippen LogP contribution in [0.25, 0.3) is 0 Å². The lowest BCUT2D eigenvalue weighted by Gasteiger charge is -2.03. The van der Waals surface area contributed by atoms with Crippen molar-refractivity contribution >= 4 is 35.8 Å². The summed E-state index contributed by atoms with van der Waals surface area (Å²) in [7, 11) is 0. The van der Waals surface area contributed by atoms with Crippen LogP contribution in [0.1, 0.15) is 5.56 Å². The minimum Gasteiger partial charge on any atom is -0.312 e. The molecule has 1 rings (SSSR count). The fourth-order valence-electron chi connectivity index (χ4n) is 0.869. The van der Waals surface area contributed by atoms with Gasteiger partial charge in [-0.2, -0.15) is 12.6 Å². The highest BCUT2D eigenvalue weighted by molar-refractivity contribution is 7.80. The van der Waals surface area contributed by atoms with Crippen molar-refractivity contribution in [1.82, 2.24) is 10.3 Å². The molecule has 1 aromatic rings. The van der Waals surface area contributed by atoms with Crippen molar-refractivity contribution in [3.8, 4) is 0 Å². The van der Waals surface area contributed by atoms with Crippen LogP contribution in [-0.4, -0.2) is 17.3 Å². The Morgan fingerprint density at radius 1 is 1.46 bits per heavy atom. The Balaban J connectivity index is 2.53. The molecule has 0 radical (unpaired) electrons. The predicted octanol–water partition coefficient (Wildman–Crippen LogP) is 2.41. The van der Waals surface area contributed by atoms with Crippen LogP contribution in [-0.2, 0) is 6.54 Å². The van der Waals surface area contributed by atoms with E-state index in [1.54, 1.807) is 6.20 Å². The van der Waals surface area contributed by atoms with Crippen molar-refractivity contribution < 1.29 is 0 Å². The van der Waals surface area contributed by atoms with E-state index in [9.17, 15) is 0 Å². The van der Waals surface area contributed by atoms with Crippen LogP contribution >= 0.6 is 35.8 Å². The first-order valence-electron chi connectivity index (χ1n) is 3.85. The van der Waals surface area contributed by atoms with E-state index in [2.05, 4.69) is 22.9 Å². The maximum atomic E-state index is 5.79. The molecule has 0 aliphatic carbocycles. The van der Waals surface area contributed by atoms with Gasteiger partial charge in [-0.25, -0.2) is 4.98 Å². The number of aromatic nitrogens is 1. The summed E-state index contributed by atoms with van der Waals surface area (Å²) < 4.78 is 0. The standard InChI is InChI=1S/C8H10Cl2N2S/c9-7-3-6(4-11-1-2-13)5-12-8(7)10/h3,5,11,13H,1-2,4H2. The molecule has 1 heterocycles. The molecule has 2 nitrogen and oxygen atoms in total. The molecule has 1 N–H and O–H groups in total. The summed E-state index contributed by atoms with van der Waals surface area (Å²) in [6.07, 6.45) is 1.71. The number of nitrogens with one attached hydrogen (secondary N) is 1. The molecule has 72 valence electrons. The van der Waals surface area contributed by atoms with Gasteiger partial charge in [-0.3, -0.25) is 0 Å². The second-order valence-electron chi connectivity index (χ2n) is 2.52. The van der Waals surface area contributed by atoms with E-state index >= 15 is 0 Å². The number of hydrogen-bond donors (Lipinski definition) is 2. The van der Waals surface area contributed by atoms with Crippen molar-refractivity contribution in [1.29, 1.82) is 0 Å². The Hall–Kier alpha value is 0.0400. The van der Waals surface area contributed by atoms with Crippen LogP contribution in [0.15, 0.2) is 12.3 Å². The van der Waals surface area contributed by atoms with Crippen molar-refractivity contribution in [2.45, 2.75) is 6.54 Å². The monoisotopic (exact) mass is 236 g/mol. The van der Waals surface area contributed by atoms with Gasteiger partial charge in [0.1, 0.15) is 5.15 Å². The van der Waals surface area contributed by atoms with Gasteiger partial charge in [0.2, 0.25) is 0 Å². The molecular weight excluding hydrogens is 227 g/mol. The van der Waals surface area contributed by atoms with Crippen LogP contribution in [0.3, 0.4) is 0 Å². The Morgan fingerprint density at radius 3 is 2.85 bits per heavy atom. The molecule has 0 atom stereocenters. The SMILES string of the molecule is SCCNCc1cnc(Cl)c(Cl)c1. The zero-order valence-corrected chi connectivity index (χ0v) is 9.33. The summed E-state index contributed by atoms with van der Waals surface area (Å²) in [5.74, 6) is 0.814. The molecule has 1 aromatic heterocycles. The largest absolute Gasteiger partial charge is 0.312 e. The van der Waals surface area contributed by atoms with Crippen molar-refractivity contribution in [3.05, 3.63) is 28.0 Å². The van der Waals surface area contributed by atoms with Gasteiger partial charge in [-0.1, -0.05) is 23.2 Å². The Bertz CT molecular complexity index is 281. The first-order valence-corrected chi connectivity index (χ1v) is 5.24. The fraction of sp³-hybridized carbons (Fsp3) is 0.375. The maximum absolute atomic E-state index is 5.79. The molecule has 0 spiro atoms. The third-order valence-electron chi connectivity index (χ3n) is 1.47. The molecular formula is C8H10Cl2N2S. The first-order chi connectivity index (χ1) is 6.24. The summed E-state index contributed by atoms with van der Waals surface area (Å²) in [5.41, 5.74) is 1.02. The lowest BCUT2D eigenvalue weighted by atomic mass is 10.3. The van der Waals surface area contributed by atoms with Crippen LogP contribution in [0.5, 0.6) is 0 Å². The fourth-order valence-corrected chi connectivity index (χ4v) is 1.32. The number of thiol groups is 1. The zero-order valence-electron chi connectivity index (χ0n) is 6.93. The second kappa shape index (κ2) is 5.70. The minimum atomic E-state index is 0.347. The van der Waals surface area contributed by atoms with Crippen molar-refractivity contribution in [2.24, 2.45) is 0 Å². The average Bonchev–Trinajstić information content (AvgIpc) is 2.12. The van der Waals surface area contributed by atoms with E-state index in [0.29, 0.717) is 10.2 Å². The molecule has 13 heavy (non-hydrogen) atoms. The van der Waals surface area contributed by atoms with E-state index in [4.69, 9.17) is 23.2 Å². The lowest BCUT2D eigenvalue weighted by Crippen LogP contribution is -2.15. The van der Waals surface area contributed by atoms with Gasteiger partial charge in [-0.05, 0) is 11.6 Å². The highest BCUT2D eigenvalue weighted by atomic mass is 35.5. The normalized spacial score (nSPS) is 10.4. The van der Waals surface area contributed by atoms with E-state index in [1.807, 2.05) is 6.07 Å². The number of halogens is 2. The molecule has 0 saturated heterocycles. The third kappa shape index (κ3) is 3.73. The molecule has 0 fully saturated rings. The lowest BCUT2D eigenvalue weighted by molar-refractivity contribution is 0.730. The summed E-state index contributed by atoms with van der Waals surface area (Å²) in [4.78, 5) is 3.93. The zero-order chi connectivity index (χ0) is 9.68. The molecule has 0 aliphatic heterocycles. The summed E-state index contributed by atoms with van der Waals surface area (Å²) in [6, 6.07) is 1.81. The minimum absolute atomic E-state index is 0.347. The molecule has 0 amide bonds. The van der Waals surface area contributed by atoms with Gasteiger partial charge in [0.05, 0.1) is 5.02 Å². The molecule has 0 bridgehead atoms. The highest BCUT2D eigenvalue weighted by Crippen LogP contribution is 2.19. The van der Waals surface area contributed by atoms with E-state index in [0.717, 1.165) is 24.4 Å². The number of nitrogens with zero attached hydrogens (tertiary/aromatic N) is 1. The molecule has 0 aromatic carbocycles. The third-order valence-corrected chi connectivity index (χ3v) is 2.38. The van der Waals surface area contributed by atoms with Crippen LogP contribution in [0, 0.1) is 0 Å². The number of rotatable bonds is 4. The highest BCUT2D eigenvalue weighted by Gasteiger charge is 1.99. The number of pyridine rings is 1. The Morgan fingerprint density at radius 2 is 2.23 bits per heavy atom. The topological polar surface area (TPSA) is 24.9 Å². The first kappa shape index (κ1) is 11.1. The van der Waals surface area contributed by atoms with Gasteiger partial charge in [0.15, 0.2) is 0 Å². The van der Waals surface area contributed by atoms with Gasteiger partial charge < -0.3 is 5.32 Å². The summed E-state index contributed by atoms with van der Waals surface area (Å²) >= 11 is 15.5. The van der Waals surface area contributed by atoms with E-state index < -0.39 is 0 Å². The van der Waals surface area contributed by atoms with Gasteiger partial charge >= 0.3 is 0 Å².